The second kappa shape index (κ2) is 11.8. The Morgan fingerprint density at radius 2 is 1.44 bits per heavy atom. The van der Waals surface area contributed by atoms with Crippen molar-refractivity contribution in [2.24, 2.45) is 10.2 Å². The van der Waals surface area contributed by atoms with Crippen LogP contribution in [0.4, 0.5) is 22.7 Å². The summed E-state index contributed by atoms with van der Waals surface area (Å²) in [6.45, 7) is 3.63. The fourth-order valence-corrected chi connectivity index (χ4v) is 4.74. The molecule has 0 unspecified atom stereocenters. The van der Waals surface area contributed by atoms with Crippen LogP contribution in [0, 0.1) is 13.8 Å². The molecule has 0 aliphatic carbocycles. The summed E-state index contributed by atoms with van der Waals surface area (Å²) < 4.78 is 0. The first-order valence-electron chi connectivity index (χ1n) is 12.6. The molecule has 0 aliphatic heterocycles. The molecule has 204 valence electrons. The van der Waals surface area contributed by atoms with Gasteiger partial charge in [-0.3, -0.25) is 9.59 Å². The lowest BCUT2D eigenvalue weighted by molar-refractivity contribution is 0.101. The van der Waals surface area contributed by atoms with Gasteiger partial charge < -0.3 is 15.7 Å². The van der Waals surface area contributed by atoms with Gasteiger partial charge in [0.15, 0.2) is 5.75 Å². The van der Waals surface area contributed by atoms with Gasteiger partial charge in [0.1, 0.15) is 5.69 Å². The third-order valence-corrected chi connectivity index (χ3v) is 7.05. The number of azo groups is 1. The summed E-state index contributed by atoms with van der Waals surface area (Å²) in [5.74, 6) is -1.11. The summed E-state index contributed by atoms with van der Waals surface area (Å²) >= 11 is 12.5. The fourth-order valence-electron chi connectivity index (χ4n) is 4.31. The summed E-state index contributed by atoms with van der Waals surface area (Å²) in [6, 6.07) is 26.1. The van der Waals surface area contributed by atoms with Crippen LogP contribution < -0.4 is 10.6 Å². The van der Waals surface area contributed by atoms with Gasteiger partial charge in [0.05, 0.1) is 22.0 Å². The van der Waals surface area contributed by atoms with Crippen LogP contribution in [-0.4, -0.2) is 16.9 Å². The minimum absolute atomic E-state index is 0.0423. The van der Waals surface area contributed by atoms with Crippen LogP contribution in [0.2, 0.25) is 10.0 Å². The second-order valence-electron chi connectivity index (χ2n) is 9.39. The topological polar surface area (TPSA) is 103 Å². The number of hydrogen-bond acceptors (Lipinski definition) is 5. The molecule has 0 atom stereocenters. The van der Waals surface area contributed by atoms with E-state index >= 15 is 0 Å². The van der Waals surface area contributed by atoms with Gasteiger partial charge in [-0.15, -0.1) is 5.11 Å². The zero-order valence-electron chi connectivity index (χ0n) is 22.1. The van der Waals surface area contributed by atoms with Crippen LogP contribution >= 0.6 is 23.2 Å². The van der Waals surface area contributed by atoms with E-state index in [1.54, 1.807) is 73.7 Å². The Morgan fingerprint density at radius 1 is 0.732 bits per heavy atom. The number of phenols is 1. The summed E-state index contributed by atoms with van der Waals surface area (Å²) in [4.78, 5) is 25.8. The number of rotatable bonds is 6. The summed E-state index contributed by atoms with van der Waals surface area (Å²) in [5, 5.41) is 27.7. The van der Waals surface area contributed by atoms with Crippen molar-refractivity contribution in [3.63, 3.8) is 0 Å². The van der Waals surface area contributed by atoms with Crippen molar-refractivity contribution >= 4 is 68.5 Å². The Balaban J connectivity index is 1.47. The molecule has 0 radical (unpaired) electrons. The highest BCUT2D eigenvalue weighted by Crippen LogP contribution is 2.40. The van der Waals surface area contributed by atoms with Crippen molar-refractivity contribution in [2.45, 2.75) is 13.8 Å². The van der Waals surface area contributed by atoms with Crippen LogP contribution in [0.5, 0.6) is 5.75 Å². The lowest BCUT2D eigenvalue weighted by Gasteiger charge is -2.13. The van der Waals surface area contributed by atoms with E-state index in [-0.39, 0.29) is 27.9 Å². The number of benzene rings is 5. The largest absolute Gasteiger partial charge is 0.505 e. The van der Waals surface area contributed by atoms with Crippen molar-refractivity contribution in [1.82, 2.24) is 0 Å². The van der Waals surface area contributed by atoms with E-state index in [9.17, 15) is 14.7 Å². The van der Waals surface area contributed by atoms with Gasteiger partial charge in [-0.25, -0.2) is 0 Å². The van der Waals surface area contributed by atoms with E-state index < -0.39 is 5.91 Å². The Bertz CT molecular complexity index is 1840. The number of phenolic OH excluding ortho intramolecular Hbond substituents is 1. The minimum atomic E-state index is -0.507. The van der Waals surface area contributed by atoms with Crippen molar-refractivity contribution in [1.29, 1.82) is 0 Å². The van der Waals surface area contributed by atoms with Crippen LogP contribution in [0.25, 0.3) is 10.8 Å². The van der Waals surface area contributed by atoms with E-state index in [1.807, 2.05) is 31.2 Å². The number of amides is 2. The van der Waals surface area contributed by atoms with E-state index in [0.717, 1.165) is 5.56 Å². The van der Waals surface area contributed by atoms with Gasteiger partial charge in [0.25, 0.3) is 11.8 Å². The molecule has 0 saturated carbocycles. The van der Waals surface area contributed by atoms with Gasteiger partial charge in [0, 0.05) is 21.7 Å². The van der Waals surface area contributed by atoms with Crippen molar-refractivity contribution in [3.05, 3.63) is 123 Å². The molecule has 0 saturated heterocycles. The highest BCUT2D eigenvalue weighted by molar-refractivity contribution is 6.34. The third-order valence-electron chi connectivity index (χ3n) is 6.50. The van der Waals surface area contributed by atoms with E-state index in [2.05, 4.69) is 20.9 Å². The highest BCUT2D eigenvalue weighted by atomic mass is 35.5. The Morgan fingerprint density at radius 3 is 2.20 bits per heavy atom. The Hall–Kier alpha value is -4.72. The predicted octanol–water partition coefficient (Wildman–Crippen LogP) is 9.39. The van der Waals surface area contributed by atoms with Gasteiger partial charge in [-0.1, -0.05) is 65.7 Å². The fraction of sp³-hybridized carbons (Fsp3) is 0.0625. The maximum absolute atomic E-state index is 13.2. The molecule has 9 heteroatoms. The summed E-state index contributed by atoms with van der Waals surface area (Å²) in [6.07, 6.45) is 0. The average Bonchev–Trinajstić information content (AvgIpc) is 2.96. The molecule has 41 heavy (non-hydrogen) atoms. The standard InChI is InChI=1S/C32H24Cl2N4O3/c1-18-14-22(33)12-13-26(18)35-32(41)24-16-21-10-6-7-11-23(21)29(30(24)39)38-37-27-17-25(34)28(15-19(27)2)36-31(40)20-8-4-3-5-9-20/h3-17,39H,1-2H3,(H,35,41)(H,36,40). The molecule has 7 nitrogen and oxygen atoms in total. The average molecular weight is 583 g/mol. The Labute approximate surface area is 246 Å². The highest BCUT2D eigenvalue weighted by Gasteiger charge is 2.19. The number of nitrogens with one attached hydrogen (secondary N) is 2. The molecule has 0 bridgehead atoms. The minimum Gasteiger partial charge on any atom is -0.505 e. The van der Waals surface area contributed by atoms with Crippen LogP contribution in [0.1, 0.15) is 31.8 Å². The normalized spacial score (nSPS) is 11.1. The number of aryl methyl sites for hydroxylation is 2. The molecular weight excluding hydrogens is 559 g/mol. The van der Waals surface area contributed by atoms with E-state index in [0.29, 0.717) is 44.0 Å². The smallest absolute Gasteiger partial charge is 0.259 e. The number of carbonyl (C=O) groups excluding carboxylic acids is 2. The molecule has 0 heterocycles. The number of nitrogens with zero attached hydrogens (tertiary/aromatic N) is 2. The second-order valence-corrected chi connectivity index (χ2v) is 10.2. The van der Waals surface area contributed by atoms with Gasteiger partial charge in [0.2, 0.25) is 0 Å². The number of halogens is 2. The molecule has 3 N–H and O–H groups in total. The van der Waals surface area contributed by atoms with E-state index in [4.69, 9.17) is 23.2 Å². The lowest BCUT2D eigenvalue weighted by Crippen LogP contribution is -2.13. The van der Waals surface area contributed by atoms with Gasteiger partial charge >= 0.3 is 0 Å². The molecule has 5 rings (SSSR count). The van der Waals surface area contributed by atoms with Gasteiger partial charge in [-0.05, 0) is 78.9 Å². The summed E-state index contributed by atoms with van der Waals surface area (Å²) in [7, 11) is 0. The molecular formula is C32H24Cl2N4O3. The molecule has 2 amide bonds. The number of fused-ring (bicyclic) bond motifs is 1. The lowest BCUT2D eigenvalue weighted by atomic mass is 10.0. The maximum atomic E-state index is 13.2. The van der Waals surface area contributed by atoms with Crippen molar-refractivity contribution < 1.29 is 14.7 Å². The quantitative estimate of drug-likeness (QED) is 0.174. The summed E-state index contributed by atoms with van der Waals surface area (Å²) in [5.41, 5.74) is 3.59. The first-order valence-corrected chi connectivity index (χ1v) is 13.4. The van der Waals surface area contributed by atoms with Crippen molar-refractivity contribution in [3.8, 4) is 5.75 Å². The van der Waals surface area contributed by atoms with E-state index in [1.165, 1.54) is 0 Å². The van der Waals surface area contributed by atoms with Crippen molar-refractivity contribution in [2.75, 3.05) is 10.6 Å². The molecule has 5 aromatic rings. The SMILES string of the molecule is Cc1cc(NC(=O)c2ccccc2)c(Cl)cc1N=Nc1c(O)c(C(=O)Nc2ccc(Cl)cc2C)cc2ccccc12. The van der Waals surface area contributed by atoms with Crippen LogP contribution in [0.3, 0.4) is 0 Å². The maximum Gasteiger partial charge on any atom is 0.259 e. The number of carbonyl (C=O) groups is 2. The van der Waals surface area contributed by atoms with Crippen LogP contribution in [-0.2, 0) is 0 Å². The molecule has 0 spiro atoms. The number of hydrogen-bond donors (Lipinski definition) is 3. The Kier molecular flexibility index (Phi) is 8.01. The zero-order chi connectivity index (χ0) is 29.1. The number of aromatic hydroxyl groups is 1. The first kappa shape index (κ1) is 27.8. The monoisotopic (exact) mass is 582 g/mol. The predicted molar refractivity (Wildman–Crippen MR) is 165 cm³/mol. The van der Waals surface area contributed by atoms with Crippen LogP contribution in [0.15, 0.2) is 101 Å². The molecule has 0 aromatic heterocycles. The van der Waals surface area contributed by atoms with Gasteiger partial charge in [-0.2, -0.15) is 5.11 Å². The molecule has 5 aromatic carbocycles. The number of anilines is 2. The first-order chi connectivity index (χ1) is 19.7. The zero-order valence-corrected chi connectivity index (χ0v) is 23.6. The molecule has 0 fully saturated rings. The third kappa shape index (κ3) is 6.06. The molecule has 0 aliphatic rings.